The molecule has 0 aliphatic carbocycles. The van der Waals surface area contributed by atoms with Crippen molar-refractivity contribution in [3.63, 3.8) is 0 Å². The standard InChI is InChI=1S/C22H25F2N5O4S/c1-14-6-5-11-27(13-14)34(32,33)16-9-10-18(20(12-16)29(30)31)25-15(2)21-26-17-7-3-4-8-19(17)28(21)22(23)24/h3-4,7-10,12,14-15,22,25H,5-6,11,13H2,1-2H3. The minimum Gasteiger partial charge on any atom is -0.370 e. The Bertz CT molecular complexity index is 1330. The first-order valence-electron chi connectivity index (χ1n) is 10.9. The van der Waals surface area contributed by atoms with Crippen molar-refractivity contribution in [2.75, 3.05) is 18.4 Å². The molecule has 0 bridgehead atoms. The number of rotatable bonds is 7. The molecule has 2 heterocycles. The van der Waals surface area contributed by atoms with Gasteiger partial charge in [-0.2, -0.15) is 13.1 Å². The van der Waals surface area contributed by atoms with Gasteiger partial charge in [-0.1, -0.05) is 19.1 Å². The van der Waals surface area contributed by atoms with Gasteiger partial charge in [0, 0.05) is 19.2 Å². The number of nitro groups is 1. The van der Waals surface area contributed by atoms with E-state index in [1.807, 2.05) is 6.92 Å². The van der Waals surface area contributed by atoms with Gasteiger partial charge in [0.15, 0.2) is 0 Å². The number of hydrogen-bond donors (Lipinski definition) is 1. The predicted octanol–water partition coefficient (Wildman–Crippen LogP) is 4.93. The van der Waals surface area contributed by atoms with Gasteiger partial charge in [-0.3, -0.25) is 14.7 Å². The number of anilines is 1. The molecule has 0 amide bonds. The van der Waals surface area contributed by atoms with Gasteiger partial charge >= 0.3 is 6.55 Å². The van der Waals surface area contributed by atoms with Gasteiger partial charge in [0.25, 0.3) is 5.69 Å². The Morgan fingerprint density at radius 1 is 1.24 bits per heavy atom. The number of hydrogen-bond acceptors (Lipinski definition) is 6. The molecule has 2 aromatic carbocycles. The number of halogens is 2. The molecule has 1 N–H and O–H groups in total. The lowest BCUT2D eigenvalue weighted by Gasteiger charge is -2.30. The normalized spacial score (nSPS) is 18.3. The average molecular weight is 494 g/mol. The van der Waals surface area contributed by atoms with Crippen molar-refractivity contribution < 1.29 is 22.1 Å². The smallest absolute Gasteiger partial charge is 0.320 e. The maximum atomic E-state index is 13.8. The summed E-state index contributed by atoms with van der Waals surface area (Å²) in [5.41, 5.74) is 0.167. The third-order valence-corrected chi connectivity index (χ3v) is 7.86. The Labute approximate surface area is 195 Å². The number of para-hydroxylation sites is 2. The third kappa shape index (κ3) is 4.47. The molecule has 4 rings (SSSR count). The fraction of sp³-hybridized carbons (Fsp3) is 0.409. The lowest BCUT2D eigenvalue weighted by atomic mass is 10.0. The van der Waals surface area contributed by atoms with Crippen LogP contribution in [0.5, 0.6) is 0 Å². The Morgan fingerprint density at radius 2 is 1.97 bits per heavy atom. The third-order valence-electron chi connectivity index (χ3n) is 6.00. The minimum absolute atomic E-state index is 0.00417. The van der Waals surface area contributed by atoms with Crippen LogP contribution in [0.15, 0.2) is 47.4 Å². The molecule has 12 heteroatoms. The topological polar surface area (TPSA) is 110 Å². The van der Waals surface area contributed by atoms with E-state index in [2.05, 4.69) is 10.3 Å². The monoisotopic (exact) mass is 493 g/mol. The summed E-state index contributed by atoms with van der Waals surface area (Å²) in [6, 6.07) is 9.21. The van der Waals surface area contributed by atoms with Gasteiger partial charge in [0.2, 0.25) is 10.0 Å². The number of nitrogens with zero attached hydrogens (tertiary/aromatic N) is 4. The fourth-order valence-electron chi connectivity index (χ4n) is 4.33. The summed E-state index contributed by atoms with van der Waals surface area (Å²) < 4.78 is 55.9. The Morgan fingerprint density at radius 3 is 2.65 bits per heavy atom. The highest BCUT2D eigenvalue weighted by molar-refractivity contribution is 7.89. The van der Waals surface area contributed by atoms with Gasteiger partial charge < -0.3 is 5.32 Å². The highest BCUT2D eigenvalue weighted by Gasteiger charge is 2.31. The van der Waals surface area contributed by atoms with Crippen molar-refractivity contribution in [3.05, 3.63) is 58.4 Å². The van der Waals surface area contributed by atoms with Gasteiger partial charge in [-0.05, 0) is 49.9 Å². The van der Waals surface area contributed by atoms with Gasteiger partial charge in [0.05, 0.1) is 26.9 Å². The quantitative estimate of drug-likeness (QED) is 0.369. The van der Waals surface area contributed by atoms with Crippen LogP contribution < -0.4 is 5.32 Å². The molecule has 2 atom stereocenters. The highest BCUT2D eigenvalue weighted by atomic mass is 32.2. The molecule has 1 aliphatic rings. The fourth-order valence-corrected chi connectivity index (χ4v) is 5.95. The van der Waals surface area contributed by atoms with Gasteiger partial charge in [-0.25, -0.2) is 13.4 Å². The molecule has 9 nitrogen and oxygen atoms in total. The minimum atomic E-state index is -3.90. The molecule has 0 radical (unpaired) electrons. The molecule has 0 spiro atoms. The van der Waals surface area contributed by atoms with Crippen LogP contribution in [-0.4, -0.2) is 40.3 Å². The van der Waals surface area contributed by atoms with Crippen molar-refractivity contribution in [1.29, 1.82) is 0 Å². The summed E-state index contributed by atoms with van der Waals surface area (Å²) in [5.74, 6) is 0.207. The number of nitrogens with one attached hydrogen (secondary N) is 1. The Hall–Kier alpha value is -3.12. The molecule has 34 heavy (non-hydrogen) atoms. The van der Waals surface area contributed by atoms with E-state index < -0.39 is 33.2 Å². The van der Waals surface area contributed by atoms with Gasteiger partial charge in [-0.15, -0.1) is 0 Å². The first-order chi connectivity index (χ1) is 16.1. The van der Waals surface area contributed by atoms with E-state index in [9.17, 15) is 27.3 Å². The van der Waals surface area contributed by atoms with Crippen LogP contribution in [0.2, 0.25) is 0 Å². The van der Waals surface area contributed by atoms with Crippen molar-refractivity contribution in [3.8, 4) is 0 Å². The van der Waals surface area contributed by atoms with Crippen LogP contribution >= 0.6 is 0 Å². The van der Waals surface area contributed by atoms with E-state index in [0.29, 0.717) is 18.6 Å². The average Bonchev–Trinajstić information content (AvgIpc) is 3.19. The zero-order valence-corrected chi connectivity index (χ0v) is 19.5. The molecule has 1 fully saturated rings. The largest absolute Gasteiger partial charge is 0.370 e. The first kappa shape index (κ1) is 24.0. The molecule has 182 valence electrons. The second-order valence-electron chi connectivity index (χ2n) is 8.52. The second kappa shape index (κ2) is 9.26. The van der Waals surface area contributed by atoms with Crippen molar-refractivity contribution in [2.24, 2.45) is 5.92 Å². The molecule has 3 aromatic rings. The van der Waals surface area contributed by atoms with Crippen molar-refractivity contribution in [2.45, 2.75) is 44.2 Å². The summed E-state index contributed by atoms with van der Waals surface area (Å²) >= 11 is 0. The van der Waals surface area contributed by atoms with Crippen molar-refractivity contribution in [1.82, 2.24) is 13.9 Å². The molecule has 1 saturated heterocycles. The summed E-state index contributed by atoms with van der Waals surface area (Å²) in [4.78, 5) is 15.2. The van der Waals surface area contributed by atoms with E-state index >= 15 is 0 Å². The maximum Gasteiger partial charge on any atom is 0.320 e. The van der Waals surface area contributed by atoms with Gasteiger partial charge in [0.1, 0.15) is 11.5 Å². The summed E-state index contributed by atoms with van der Waals surface area (Å²) in [6.45, 7) is 1.38. The van der Waals surface area contributed by atoms with Crippen LogP contribution in [0.4, 0.5) is 20.2 Å². The van der Waals surface area contributed by atoms with E-state index in [-0.39, 0.29) is 27.8 Å². The number of nitro benzene ring substituents is 1. The van der Waals surface area contributed by atoms with E-state index in [0.717, 1.165) is 23.5 Å². The van der Waals surface area contributed by atoms with E-state index in [1.165, 1.54) is 22.5 Å². The second-order valence-corrected chi connectivity index (χ2v) is 10.5. The number of piperidine rings is 1. The molecular formula is C22H25F2N5O4S. The number of fused-ring (bicyclic) bond motifs is 1. The number of imidazole rings is 1. The lowest BCUT2D eigenvalue weighted by molar-refractivity contribution is -0.384. The SMILES string of the molecule is CC1CCCN(S(=O)(=O)c2ccc(NC(C)c3nc4ccccc4n3C(F)F)c([N+](=O)[O-])c2)C1. The van der Waals surface area contributed by atoms with Crippen LogP contribution in [0.3, 0.4) is 0 Å². The van der Waals surface area contributed by atoms with Crippen LogP contribution in [-0.2, 0) is 10.0 Å². The number of alkyl halides is 2. The number of benzene rings is 2. The van der Waals surface area contributed by atoms with Crippen LogP contribution in [0.25, 0.3) is 11.0 Å². The maximum absolute atomic E-state index is 13.8. The van der Waals surface area contributed by atoms with Crippen molar-refractivity contribution >= 4 is 32.4 Å². The van der Waals surface area contributed by atoms with Crippen LogP contribution in [0, 0.1) is 16.0 Å². The molecule has 1 aromatic heterocycles. The van der Waals surface area contributed by atoms with E-state index in [1.54, 1.807) is 25.1 Å². The Kier molecular flexibility index (Phi) is 6.54. The predicted molar refractivity (Wildman–Crippen MR) is 123 cm³/mol. The summed E-state index contributed by atoms with van der Waals surface area (Å²) in [5, 5.41) is 14.6. The highest BCUT2D eigenvalue weighted by Crippen LogP contribution is 2.34. The molecular weight excluding hydrogens is 468 g/mol. The Balaban J connectivity index is 1.67. The number of aromatic nitrogens is 2. The molecule has 2 unspecified atom stereocenters. The zero-order valence-electron chi connectivity index (χ0n) is 18.7. The van der Waals surface area contributed by atoms with E-state index in [4.69, 9.17) is 0 Å². The summed E-state index contributed by atoms with van der Waals surface area (Å²) in [7, 11) is -3.90. The number of sulfonamides is 1. The van der Waals surface area contributed by atoms with Crippen LogP contribution in [0.1, 0.15) is 45.1 Å². The lowest BCUT2D eigenvalue weighted by Crippen LogP contribution is -2.39. The molecule has 0 saturated carbocycles. The zero-order chi connectivity index (χ0) is 24.6. The molecule has 1 aliphatic heterocycles. The first-order valence-corrected chi connectivity index (χ1v) is 12.3. The summed E-state index contributed by atoms with van der Waals surface area (Å²) in [6.07, 6.45) is 1.65.